The van der Waals surface area contributed by atoms with Crippen LogP contribution in [0.25, 0.3) is 0 Å². The number of amides is 2. The van der Waals surface area contributed by atoms with Crippen molar-refractivity contribution in [3.63, 3.8) is 0 Å². The lowest BCUT2D eigenvalue weighted by Gasteiger charge is -2.31. The van der Waals surface area contributed by atoms with E-state index in [2.05, 4.69) is 21.2 Å². The molecule has 4 nitrogen and oxygen atoms in total. The molecule has 2 aromatic carbocycles. The molecule has 0 spiro atoms. The lowest BCUT2D eigenvalue weighted by Crippen LogP contribution is -2.50. The average Bonchev–Trinajstić information content (AvgIpc) is 2.76. The van der Waals surface area contributed by atoms with Crippen LogP contribution in [0.3, 0.4) is 0 Å². The zero-order valence-corrected chi connectivity index (χ0v) is 20.6. The molecular weight excluding hydrogens is 499 g/mol. The van der Waals surface area contributed by atoms with Crippen LogP contribution in [0.2, 0.25) is 10.0 Å². The van der Waals surface area contributed by atoms with Crippen LogP contribution in [0.15, 0.2) is 46.9 Å². The zero-order valence-electron chi connectivity index (χ0n) is 17.5. The van der Waals surface area contributed by atoms with Crippen molar-refractivity contribution in [1.29, 1.82) is 0 Å². The summed E-state index contributed by atoms with van der Waals surface area (Å²) >= 11 is 15.6. The molecule has 0 heterocycles. The van der Waals surface area contributed by atoms with Gasteiger partial charge in [0.1, 0.15) is 6.04 Å². The fourth-order valence-corrected chi connectivity index (χ4v) is 4.45. The summed E-state index contributed by atoms with van der Waals surface area (Å²) in [6, 6.07) is 12.6. The smallest absolute Gasteiger partial charge is 0.242 e. The molecule has 0 aromatic heterocycles. The standard InChI is InChI=1S/C24H27BrCl2N2O2/c1-16(24(31)28-20-5-3-2-4-6-20)29(15-17-7-10-19(25)11-8-17)23(30)14-18-9-12-21(26)22(27)13-18/h7-13,16,20H,2-6,14-15H2,1H3,(H,28,31)/t16-/m1/s1. The van der Waals surface area contributed by atoms with Crippen LogP contribution in [0.5, 0.6) is 0 Å². The van der Waals surface area contributed by atoms with Crippen LogP contribution < -0.4 is 5.32 Å². The zero-order chi connectivity index (χ0) is 22.4. The van der Waals surface area contributed by atoms with Crippen molar-refractivity contribution in [3.8, 4) is 0 Å². The maximum atomic E-state index is 13.3. The van der Waals surface area contributed by atoms with Gasteiger partial charge in [-0.3, -0.25) is 9.59 Å². The summed E-state index contributed by atoms with van der Waals surface area (Å²) < 4.78 is 0.966. The van der Waals surface area contributed by atoms with Gasteiger partial charge >= 0.3 is 0 Å². The molecule has 1 atom stereocenters. The molecule has 2 amide bonds. The van der Waals surface area contributed by atoms with E-state index in [4.69, 9.17) is 23.2 Å². The lowest BCUT2D eigenvalue weighted by atomic mass is 9.95. The monoisotopic (exact) mass is 524 g/mol. The minimum Gasteiger partial charge on any atom is -0.352 e. The molecule has 0 bridgehead atoms. The Hall–Kier alpha value is -1.56. The molecule has 2 aromatic rings. The second kappa shape index (κ2) is 11.3. The molecular formula is C24H27BrCl2N2O2. The summed E-state index contributed by atoms with van der Waals surface area (Å²) in [7, 11) is 0. The number of nitrogens with zero attached hydrogens (tertiary/aromatic N) is 1. The Morgan fingerprint density at radius 3 is 2.32 bits per heavy atom. The van der Waals surface area contributed by atoms with E-state index < -0.39 is 6.04 Å². The molecule has 166 valence electrons. The first-order valence-electron chi connectivity index (χ1n) is 10.6. The normalized spacial score (nSPS) is 15.4. The topological polar surface area (TPSA) is 49.4 Å². The number of hydrogen-bond donors (Lipinski definition) is 1. The summed E-state index contributed by atoms with van der Waals surface area (Å²) in [6.07, 6.45) is 5.65. The van der Waals surface area contributed by atoms with Gasteiger partial charge in [-0.05, 0) is 55.2 Å². The molecule has 1 N–H and O–H groups in total. The van der Waals surface area contributed by atoms with Crippen LogP contribution in [0.1, 0.15) is 50.2 Å². The largest absolute Gasteiger partial charge is 0.352 e. The number of hydrogen-bond acceptors (Lipinski definition) is 2. The first-order chi connectivity index (χ1) is 14.8. The van der Waals surface area contributed by atoms with E-state index in [1.807, 2.05) is 24.3 Å². The van der Waals surface area contributed by atoms with Crippen molar-refractivity contribution >= 4 is 50.9 Å². The molecule has 3 rings (SSSR count). The number of nitrogens with one attached hydrogen (secondary N) is 1. The van der Waals surface area contributed by atoms with Gasteiger partial charge < -0.3 is 10.2 Å². The van der Waals surface area contributed by atoms with Gasteiger partial charge in [-0.25, -0.2) is 0 Å². The summed E-state index contributed by atoms with van der Waals surface area (Å²) in [6.45, 7) is 2.15. The Morgan fingerprint density at radius 2 is 1.68 bits per heavy atom. The third-order valence-electron chi connectivity index (χ3n) is 5.72. The van der Waals surface area contributed by atoms with E-state index in [0.717, 1.165) is 41.3 Å². The fraction of sp³-hybridized carbons (Fsp3) is 0.417. The number of carbonyl (C=O) groups excluding carboxylic acids is 2. The summed E-state index contributed by atoms with van der Waals surface area (Å²) in [5.41, 5.74) is 1.73. The Kier molecular flexibility index (Phi) is 8.82. The summed E-state index contributed by atoms with van der Waals surface area (Å²) in [5.74, 6) is -0.237. The Morgan fingerprint density at radius 1 is 1.03 bits per heavy atom. The third-order valence-corrected chi connectivity index (χ3v) is 6.99. The van der Waals surface area contributed by atoms with Crippen molar-refractivity contribution in [3.05, 3.63) is 68.1 Å². The SMILES string of the molecule is C[C@H](C(=O)NC1CCCCC1)N(Cc1ccc(Br)cc1)C(=O)Cc1ccc(Cl)c(Cl)c1. The van der Waals surface area contributed by atoms with Crippen LogP contribution in [-0.2, 0) is 22.6 Å². The minimum absolute atomic E-state index is 0.105. The quantitative estimate of drug-likeness (QED) is 0.470. The molecule has 0 unspecified atom stereocenters. The van der Waals surface area contributed by atoms with Gasteiger partial charge in [0.15, 0.2) is 0 Å². The lowest BCUT2D eigenvalue weighted by molar-refractivity contribution is -0.140. The molecule has 31 heavy (non-hydrogen) atoms. The van der Waals surface area contributed by atoms with Gasteiger partial charge in [0.05, 0.1) is 16.5 Å². The second-order valence-corrected chi connectivity index (χ2v) is 9.82. The highest BCUT2D eigenvalue weighted by molar-refractivity contribution is 9.10. The van der Waals surface area contributed by atoms with Crippen LogP contribution >= 0.6 is 39.1 Å². The third kappa shape index (κ3) is 6.96. The van der Waals surface area contributed by atoms with Crippen molar-refractivity contribution in [2.24, 2.45) is 0 Å². The van der Waals surface area contributed by atoms with Crippen LogP contribution in [-0.4, -0.2) is 28.8 Å². The molecule has 1 saturated carbocycles. The van der Waals surface area contributed by atoms with E-state index in [1.165, 1.54) is 6.42 Å². The van der Waals surface area contributed by atoms with Crippen molar-refractivity contribution in [1.82, 2.24) is 10.2 Å². The van der Waals surface area contributed by atoms with Gasteiger partial charge in [0, 0.05) is 17.1 Å². The predicted octanol–water partition coefficient (Wildman–Crippen LogP) is 6.16. The predicted molar refractivity (Wildman–Crippen MR) is 129 cm³/mol. The Labute approximate surface area is 202 Å². The Balaban J connectivity index is 1.76. The van der Waals surface area contributed by atoms with Crippen LogP contribution in [0, 0.1) is 0 Å². The van der Waals surface area contributed by atoms with Gasteiger partial charge in [0.2, 0.25) is 11.8 Å². The highest BCUT2D eigenvalue weighted by Crippen LogP contribution is 2.24. The van der Waals surface area contributed by atoms with Crippen molar-refractivity contribution in [2.45, 2.75) is 64.1 Å². The molecule has 1 aliphatic carbocycles. The highest BCUT2D eigenvalue weighted by atomic mass is 79.9. The van der Waals surface area contributed by atoms with Gasteiger partial charge in [-0.1, -0.05) is 76.6 Å². The van der Waals surface area contributed by atoms with E-state index in [-0.39, 0.29) is 24.3 Å². The number of halogens is 3. The molecule has 0 saturated heterocycles. The maximum absolute atomic E-state index is 13.3. The van der Waals surface area contributed by atoms with E-state index in [0.29, 0.717) is 16.6 Å². The summed E-state index contributed by atoms with van der Waals surface area (Å²) in [5, 5.41) is 4.01. The first-order valence-corrected chi connectivity index (χ1v) is 12.2. The van der Waals surface area contributed by atoms with E-state index >= 15 is 0 Å². The number of rotatable bonds is 7. The molecule has 1 aliphatic rings. The first kappa shape index (κ1) is 24.1. The minimum atomic E-state index is -0.583. The highest BCUT2D eigenvalue weighted by Gasteiger charge is 2.28. The van der Waals surface area contributed by atoms with Gasteiger partial charge in [-0.15, -0.1) is 0 Å². The Bertz CT molecular complexity index is 914. The van der Waals surface area contributed by atoms with Gasteiger partial charge in [0.25, 0.3) is 0 Å². The van der Waals surface area contributed by atoms with Crippen LogP contribution in [0.4, 0.5) is 0 Å². The fourth-order valence-electron chi connectivity index (χ4n) is 3.86. The second-order valence-electron chi connectivity index (χ2n) is 8.09. The molecule has 0 aliphatic heterocycles. The van der Waals surface area contributed by atoms with E-state index in [1.54, 1.807) is 30.0 Å². The average molecular weight is 526 g/mol. The summed E-state index contributed by atoms with van der Waals surface area (Å²) in [4.78, 5) is 27.9. The maximum Gasteiger partial charge on any atom is 0.242 e. The van der Waals surface area contributed by atoms with E-state index in [9.17, 15) is 9.59 Å². The molecule has 7 heteroatoms. The van der Waals surface area contributed by atoms with Crippen molar-refractivity contribution < 1.29 is 9.59 Å². The molecule has 1 fully saturated rings. The van der Waals surface area contributed by atoms with Crippen molar-refractivity contribution in [2.75, 3.05) is 0 Å². The van der Waals surface area contributed by atoms with Gasteiger partial charge in [-0.2, -0.15) is 0 Å². The number of carbonyl (C=O) groups is 2. The number of benzene rings is 2. The molecule has 0 radical (unpaired) electrons.